The van der Waals surface area contributed by atoms with Gasteiger partial charge in [0.15, 0.2) is 11.9 Å². The van der Waals surface area contributed by atoms with E-state index in [0.29, 0.717) is 27.5 Å². The number of carbonyl (C=O) groups is 2. The van der Waals surface area contributed by atoms with Gasteiger partial charge in [0, 0.05) is 28.0 Å². The highest BCUT2D eigenvalue weighted by atomic mass is 32.1. The number of nitrogens with one attached hydrogen (secondary N) is 1. The van der Waals surface area contributed by atoms with Crippen molar-refractivity contribution in [1.29, 1.82) is 5.26 Å². The molecule has 1 aliphatic heterocycles. The smallest absolute Gasteiger partial charge is 0.443 e. The largest absolute Gasteiger partial charge is 0.516 e. The fourth-order valence-electron chi connectivity index (χ4n) is 6.23. The Morgan fingerprint density at radius 2 is 1.79 bits per heavy atom. The minimum absolute atomic E-state index is 0.0175. The van der Waals surface area contributed by atoms with Gasteiger partial charge in [-0.3, -0.25) is 5.32 Å². The first-order valence-corrected chi connectivity index (χ1v) is 19.0. The summed E-state index contributed by atoms with van der Waals surface area (Å²) >= 11 is 1.25. The highest BCUT2D eigenvalue weighted by Gasteiger charge is 2.49. The summed E-state index contributed by atoms with van der Waals surface area (Å²) in [5, 5.41) is 31.3. The van der Waals surface area contributed by atoms with E-state index in [-0.39, 0.29) is 42.3 Å². The Balaban J connectivity index is 1.35. The van der Waals surface area contributed by atoms with Gasteiger partial charge in [-0.05, 0) is 71.0 Å². The predicted octanol–water partition coefficient (Wildman–Crippen LogP) is 8.29. The molecule has 0 fully saturated rings. The minimum atomic E-state index is -2.09. The maximum Gasteiger partial charge on any atom is 0.516 e. The lowest BCUT2D eigenvalue weighted by molar-refractivity contribution is -0.873. The van der Waals surface area contributed by atoms with Crippen LogP contribution < -0.4 is 5.32 Å². The summed E-state index contributed by atoms with van der Waals surface area (Å²) < 4.78 is 41.2. The van der Waals surface area contributed by atoms with E-state index in [2.05, 4.69) is 21.5 Å². The molecule has 12 nitrogen and oxygen atoms in total. The monoisotopic (exact) mass is 787 g/mol. The normalized spacial score (nSPS) is 17.8. The molecular weight excluding hydrogens is 741 g/mol. The van der Waals surface area contributed by atoms with Gasteiger partial charge in [0.25, 0.3) is 0 Å². The van der Waals surface area contributed by atoms with Crippen molar-refractivity contribution < 1.29 is 42.0 Å². The SMILES string of the molecule is CC(C)[N+](C)(Cc1ccccc1NC(=O)OCC[N+]1(C[C@](O)(c2cc(F)ccc2F)[C@@H](C)c2nc(-c3ccc(C#N)cc3)cs2)C=NC=N1)C(=O)OC(C)(C)C. The number of quaternary nitrogens is 2. The van der Waals surface area contributed by atoms with Crippen LogP contribution in [-0.2, 0) is 21.6 Å². The molecule has 3 aromatic carbocycles. The molecule has 56 heavy (non-hydrogen) atoms. The van der Waals surface area contributed by atoms with Gasteiger partial charge in [0.2, 0.25) is 6.34 Å². The third-order valence-corrected chi connectivity index (χ3v) is 10.9. The molecule has 294 valence electrons. The topological polar surface area (TPSA) is 146 Å². The molecule has 2 amide bonds. The van der Waals surface area contributed by atoms with Crippen LogP contribution in [0.15, 0.2) is 82.2 Å². The van der Waals surface area contributed by atoms with Crippen molar-refractivity contribution in [2.45, 2.75) is 71.2 Å². The number of hydrogen-bond acceptors (Lipinski definition) is 10. The molecule has 0 bridgehead atoms. The van der Waals surface area contributed by atoms with E-state index >= 15 is 4.39 Å². The van der Waals surface area contributed by atoms with E-state index in [4.69, 9.17) is 14.5 Å². The molecule has 1 aromatic heterocycles. The Morgan fingerprint density at radius 3 is 2.43 bits per heavy atom. The molecule has 2 unspecified atom stereocenters. The molecule has 0 spiro atoms. The van der Waals surface area contributed by atoms with E-state index in [9.17, 15) is 24.3 Å². The number of benzene rings is 3. The van der Waals surface area contributed by atoms with Gasteiger partial charge in [-0.2, -0.15) is 15.0 Å². The summed E-state index contributed by atoms with van der Waals surface area (Å²) in [4.78, 5) is 35.5. The van der Waals surface area contributed by atoms with Gasteiger partial charge in [0.1, 0.15) is 43.5 Å². The van der Waals surface area contributed by atoms with Gasteiger partial charge in [-0.1, -0.05) is 42.4 Å². The summed E-state index contributed by atoms with van der Waals surface area (Å²) in [6.45, 7) is 10.6. The van der Waals surface area contributed by atoms with Crippen LogP contribution in [0.5, 0.6) is 0 Å². The number of anilines is 1. The quantitative estimate of drug-likeness (QED) is 0.130. The maximum atomic E-state index is 15.6. The number of halogens is 2. The molecule has 2 heterocycles. The number of hydrogen-bond donors (Lipinski definition) is 2. The van der Waals surface area contributed by atoms with Crippen molar-refractivity contribution in [2.75, 3.05) is 32.1 Å². The zero-order chi connectivity index (χ0) is 40.9. The van der Waals surface area contributed by atoms with Crippen LogP contribution in [0.25, 0.3) is 11.3 Å². The Bertz CT molecular complexity index is 2150. The number of aromatic nitrogens is 1. The fourth-order valence-corrected chi connectivity index (χ4v) is 7.21. The summed E-state index contributed by atoms with van der Waals surface area (Å²) in [6, 6.07) is 18.8. The number of nitriles is 1. The summed E-state index contributed by atoms with van der Waals surface area (Å²) in [5.41, 5.74) is -0.104. The molecule has 0 saturated heterocycles. The number of aliphatic imine (C=N–C) groups is 1. The van der Waals surface area contributed by atoms with Crippen LogP contribution >= 0.6 is 11.3 Å². The van der Waals surface area contributed by atoms with Crippen LogP contribution in [0.2, 0.25) is 0 Å². The Kier molecular flexibility index (Phi) is 12.5. The second-order valence-corrected chi connectivity index (χ2v) is 16.2. The van der Waals surface area contributed by atoms with E-state index < -0.39 is 45.5 Å². The lowest BCUT2D eigenvalue weighted by atomic mass is 9.81. The molecule has 0 aliphatic carbocycles. The highest BCUT2D eigenvalue weighted by molar-refractivity contribution is 7.10. The number of nitrogens with zero attached hydrogens (tertiary/aromatic N) is 6. The van der Waals surface area contributed by atoms with Gasteiger partial charge in [0.05, 0.1) is 41.1 Å². The summed E-state index contributed by atoms with van der Waals surface area (Å²) in [7, 11) is 1.79. The minimum Gasteiger partial charge on any atom is -0.443 e. The van der Waals surface area contributed by atoms with E-state index in [0.717, 1.165) is 23.8 Å². The lowest BCUT2D eigenvalue weighted by Crippen LogP contribution is -2.55. The van der Waals surface area contributed by atoms with Gasteiger partial charge >= 0.3 is 12.2 Å². The van der Waals surface area contributed by atoms with Crippen molar-refractivity contribution in [2.24, 2.45) is 10.1 Å². The average Bonchev–Trinajstić information content (AvgIpc) is 3.83. The van der Waals surface area contributed by atoms with Gasteiger partial charge in [-0.25, -0.2) is 23.0 Å². The molecule has 4 atom stereocenters. The lowest BCUT2D eigenvalue weighted by Gasteiger charge is -2.38. The summed E-state index contributed by atoms with van der Waals surface area (Å²) in [5.74, 6) is -2.45. The third-order valence-electron chi connectivity index (χ3n) is 9.87. The van der Waals surface area contributed by atoms with Crippen LogP contribution in [0, 0.1) is 23.0 Å². The molecule has 5 rings (SSSR count). The molecular formula is C41H47F2N7O5S+2. The molecule has 15 heteroatoms. The van der Waals surface area contributed by atoms with Crippen LogP contribution in [-0.4, -0.2) is 82.4 Å². The second kappa shape index (κ2) is 16.8. The first-order chi connectivity index (χ1) is 26.4. The maximum absolute atomic E-state index is 15.6. The number of ether oxygens (including phenoxy) is 2. The molecule has 0 radical (unpaired) electrons. The average molecular weight is 788 g/mol. The molecule has 0 saturated carbocycles. The number of rotatable bonds is 13. The highest BCUT2D eigenvalue weighted by Crippen LogP contribution is 2.42. The summed E-state index contributed by atoms with van der Waals surface area (Å²) in [6.07, 6.45) is 1.55. The van der Waals surface area contributed by atoms with Crippen LogP contribution in [0.1, 0.15) is 69.2 Å². The molecule has 1 aliphatic rings. The Labute approximate surface area is 329 Å². The zero-order valence-electron chi connectivity index (χ0n) is 32.5. The van der Waals surface area contributed by atoms with E-state index in [1.54, 1.807) is 55.7 Å². The molecule has 2 N–H and O–H groups in total. The standard InChI is InChI=1S/C41H46F2N7O5S/c1-27(2)49(7,39(52)55-40(4,5)6)22-31-10-8-9-11-35(31)48-38(51)54-19-18-50(26-45-25-46-50)24-41(53,33-20-32(42)16-17-34(33)43)28(3)37-47-36(23-56-37)30-14-12-29(21-44)13-15-30/h8-17,20,23,25-28,53H,18-19,22,24H2,1-7H3/q+1/p+1/t28-,41+,49?,50?/m0/s1. The van der Waals surface area contributed by atoms with Gasteiger partial charge < -0.3 is 14.6 Å². The predicted molar refractivity (Wildman–Crippen MR) is 211 cm³/mol. The van der Waals surface area contributed by atoms with Crippen molar-refractivity contribution >= 4 is 41.9 Å². The van der Waals surface area contributed by atoms with E-state index in [1.165, 1.54) is 24.0 Å². The number of carbonyl (C=O) groups excluding carboxylic acids is 2. The number of para-hydroxylation sites is 1. The first-order valence-electron chi connectivity index (χ1n) is 18.1. The van der Waals surface area contributed by atoms with Crippen molar-refractivity contribution in [3.8, 4) is 17.3 Å². The van der Waals surface area contributed by atoms with E-state index in [1.807, 2.05) is 46.8 Å². The van der Waals surface area contributed by atoms with Crippen LogP contribution in [0.3, 0.4) is 0 Å². The number of amides is 2. The fraction of sp³-hybridized carbons (Fsp3) is 0.366. The van der Waals surface area contributed by atoms with Crippen LogP contribution in [0.4, 0.5) is 24.1 Å². The third kappa shape index (κ3) is 9.51. The molecule has 4 aromatic rings. The van der Waals surface area contributed by atoms with Gasteiger partial charge in [-0.15, -0.1) is 15.9 Å². The van der Waals surface area contributed by atoms with Crippen molar-refractivity contribution in [1.82, 2.24) is 4.98 Å². The Hall–Kier alpha value is -5.40. The zero-order valence-corrected chi connectivity index (χ0v) is 33.3. The van der Waals surface area contributed by atoms with Crippen molar-refractivity contribution in [3.63, 3.8) is 0 Å². The Morgan fingerprint density at radius 1 is 1.07 bits per heavy atom. The number of aliphatic hydroxyl groups is 1. The first kappa shape index (κ1) is 41.8. The van der Waals surface area contributed by atoms with Crippen molar-refractivity contribution in [3.05, 3.63) is 105 Å². The second-order valence-electron chi connectivity index (χ2n) is 15.3. The number of thiazole rings is 1.